The molecule has 2 rings (SSSR count). The molecule has 6 heteroatoms. The second kappa shape index (κ2) is 6.68. The minimum absolute atomic E-state index is 0.227. The summed E-state index contributed by atoms with van der Waals surface area (Å²) in [6.07, 6.45) is 5.02. The Morgan fingerprint density at radius 2 is 2.16 bits per heavy atom. The van der Waals surface area contributed by atoms with Crippen LogP contribution in [-0.4, -0.2) is 23.2 Å². The molecule has 0 amide bonds. The van der Waals surface area contributed by atoms with Crippen LogP contribution in [0, 0.1) is 5.92 Å². The summed E-state index contributed by atoms with van der Waals surface area (Å²) < 4.78 is 11.0. The fraction of sp³-hybridized carbons (Fsp3) is 0.692. The first kappa shape index (κ1) is 14.0. The molecule has 0 radical (unpaired) electrons. The molecule has 2 atom stereocenters. The first-order valence-electron chi connectivity index (χ1n) is 6.73. The number of hydrazine groups is 1. The van der Waals surface area contributed by atoms with Crippen molar-refractivity contribution in [1.82, 2.24) is 9.97 Å². The zero-order valence-corrected chi connectivity index (χ0v) is 11.6. The molecule has 1 aliphatic rings. The van der Waals surface area contributed by atoms with Gasteiger partial charge in [-0.3, -0.25) is 0 Å². The molecule has 19 heavy (non-hydrogen) atoms. The SMILES string of the molecule is COCc1nc(NN)cc(OC2CCCCC2C)n1. The molecule has 106 valence electrons. The van der Waals surface area contributed by atoms with Crippen molar-refractivity contribution < 1.29 is 9.47 Å². The Hall–Kier alpha value is -1.40. The van der Waals surface area contributed by atoms with Crippen molar-refractivity contribution in [3.05, 3.63) is 11.9 Å². The number of hydrogen-bond donors (Lipinski definition) is 2. The number of ether oxygens (including phenoxy) is 2. The van der Waals surface area contributed by atoms with Crippen LogP contribution in [0.15, 0.2) is 6.07 Å². The minimum atomic E-state index is 0.227. The molecule has 1 heterocycles. The van der Waals surface area contributed by atoms with Crippen molar-refractivity contribution in [3.8, 4) is 5.88 Å². The Kier molecular flexibility index (Phi) is 4.93. The Bertz CT molecular complexity index is 414. The van der Waals surface area contributed by atoms with Crippen LogP contribution < -0.4 is 16.0 Å². The zero-order chi connectivity index (χ0) is 13.7. The van der Waals surface area contributed by atoms with Crippen LogP contribution in [0.5, 0.6) is 5.88 Å². The third-order valence-electron chi connectivity index (χ3n) is 3.48. The maximum Gasteiger partial charge on any atom is 0.219 e. The van der Waals surface area contributed by atoms with E-state index in [4.69, 9.17) is 15.3 Å². The van der Waals surface area contributed by atoms with Crippen molar-refractivity contribution in [1.29, 1.82) is 0 Å². The normalized spacial score (nSPS) is 23.1. The highest BCUT2D eigenvalue weighted by atomic mass is 16.5. The third kappa shape index (κ3) is 3.78. The fourth-order valence-corrected chi connectivity index (χ4v) is 2.41. The van der Waals surface area contributed by atoms with Gasteiger partial charge in [-0.1, -0.05) is 13.3 Å². The monoisotopic (exact) mass is 266 g/mol. The van der Waals surface area contributed by atoms with Crippen LogP contribution in [0.3, 0.4) is 0 Å². The third-order valence-corrected chi connectivity index (χ3v) is 3.48. The van der Waals surface area contributed by atoms with Crippen LogP contribution in [0.1, 0.15) is 38.4 Å². The van der Waals surface area contributed by atoms with Crippen molar-refractivity contribution in [3.63, 3.8) is 0 Å². The lowest BCUT2D eigenvalue weighted by molar-refractivity contribution is 0.0961. The summed E-state index contributed by atoms with van der Waals surface area (Å²) in [6.45, 7) is 2.56. The summed E-state index contributed by atoms with van der Waals surface area (Å²) in [5.74, 6) is 7.64. The van der Waals surface area contributed by atoms with E-state index in [2.05, 4.69) is 22.3 Å². The summed E-state index contributed by atoms with van der Waals surface area (Å²) in [5.41, 5.74) is 2.53. The highest BCUT2D eigenvalue weighted by molar-refractivity contribution is 5.37. The van der Waals surface area contributed by atoms with E-state index >= 15 is 0 Å². The van der Waals surface area contributed by atoms with Gasteiger partial charge < -0.3 is 14.9 Å². The van der Waals surface area contributed by atoms with Gasteiger partial charge in [0.25, 0.3) is 0 Å². The molecule has 2 unspecified atom stereocenters. The molecule has 1 fully saturated rings. The van der Waals surface area contributed by atoms with Crippen LogP contribution >= 0.6 is 0 Å². The second-order valence-corrected chi connectivity index (χ2v) is 5.00. The second-order valence-electron chi connectivity index (χ2n) is 5.00. The van der Waals surface area contributed by atoms with Crippen LogP contribution in [-0.2, 0) is 11.3 Å². The summed E-state index contributed by atoms with van der Waals surface area (Å²) in [6, 6.07) is 1.72. The van der Waals surface area contributed by atoms with Gasteiger partial charge in [0.2, 0.25) is 5.88 Å². The molecule has 0 aliphatic heterocycles. The number of hydrogen-bond acceptors (Lipinski definition) is 6. The Morgan fingerprint density at radius 1 is 1.37 bits per heavy atom. The Labute approximate surface area is 113 Å². The van der Waals surface area contributed by atoms with Gasteiger partial charge in [-0.15, -0.1) is 0 Å². The fourth-order valence-electron chi connectivity index (χ4n) is 2.41. The van der Waals surface area contributed by atoms with Gasteiger partial charge in [-0.2, -0.15) is 4.98 Å². The average Bonchev–Trinajstić information content (AvgIpc) is 2.41. The molecular weight excluding hydrogens is 244 g/mol. The highest BCUT2D eigenvalue weighted by Gasteiger charge is 2.23. The maximum atomic E-state index is 5.99. The smallest absolute Gasteiger partial charge is 0.219 e. The highest BCUT2D eigenvalue weighted by Crippen LogP contribution is 2.28. The molecule has 6 nitrogen and oxygen atoms in total. The lowest BCUT2D eigenvalue weighted by atomic mass is 9.88. The molecule has 1 aliphatic carbocycles. The van der Waals surface area contributed by atoms with Gasteiger partial charge in [-0.05, 0) is 25.2 Å². The number of nitrogen functional groups attached to an aromatic ring is 1. The molecule has 0 spiro atoms. The molecule has 0 saturated heterocycles. The van der Waals surface area contributed by atoms with Gasteiger partial charge in [0.15, 0.2) is 5.82 Å². The van der Waals surface area contributed by atoms with Gasteiger partial charge >= 0.3 is 0 Å². The van der Waals surface area contributed by atoms with Crippen molar-refractivity contribution in [2.45, 2.75) is 45.3 Å². The van der Waals surface area contributed by atoms with Gasteiger partial charge in [-0.25, -0.2) is 10.8 Å². The van der Waals surface area contributed by atoms with E-state index < -0.39 is 0 Å². The number of anilines is 1. The van der Waals surface area contributed by atoms with Gasteiger partial charge in [0.05, 0.1) is 0 Å². The van der Waals surface area contributed by atoms with E-state index in [9.17, 15) is 0 Å². The summed E-state index contributed by atoms with van der Waals surface area (Å²) in [4.78, 5) is 8.55. The molecule has 1 saturated carbocycles. The van der Waals surface area contributed by atoms with Gasteiger partial charge in [0, 0.05) is 13.2 Å². The van der Waals surface area contributed by atoms with Crippen LogP contribution in [0.25, 0.3) is 0 Å². The van der Waals surface area contributed by atoms with E-state index in [1.54, 1.807) is 13.2 Å². The van der Waals surface area contributed by atoms with E-state index in [1.807, 2.05) is 0 Å². The predicted molar refractivity (Wildman–Crippen MR) is 72.6 cm³/mol. The average molecular weight is 266 g/mol. The number of rotatable bonds is 5. The van der Waals surface area contributed by atoms with Gasteiger partial charge in [0.1, 0.15) is 18.5 Å². The van der Waals surface area contributed by atoms with Crippen molar-refractivity contribution in [2.24, 2.45) is 11.8 Å². The standard InChI is InChI=1S/C13H22N4O2/c1-9-5-3-4-6-10(9)19-13-7-11(17-14)15-12(16-13)8-18-2/h7,9-10H,3-6,8,14H2,1-2H3,(H,15,16,17). The molecule has 1 aromatic heterocycles. The molecular formula is C13H22N4O2. The van der Waals surface area contributed by atoms with E-state index in [0.717, 1.165) is 6.42 Å². The molecule has 0 aromatic carbocycles. The molecule has 1 aromatic rings. The van der Waals surface area contributed by atoms with E-state index in [1.165, 1.54) is 19.3 Å². The zero-order valence-electron chi connectivity index (χ0n) is 11.6. The summed E-state index contributed by atoms with van der Waals surface area (Å²) in [7, 11) is 1.61. The van der Waals surface area contributed by atoms with Crippen LogP contribution in [0.4, 0.5) is 5.82 Å². The van der Waals surface area contributed by atoms with Crippen LogP contribution in [0.2, 0.25) is 0 Å². The van der Waals surface area contributed by atoms with Crippen molar-refractivity contribution in [2.75, 3.05) is 12.5 Å². The Balaban J connectivity index is 2.11. The molecule has 0 bridgehead atoms. The maximum absolute atomic E-state index is 5.99. The summed E-state index contributed by atoms with van der Waals surface area (Å²) in [5, 5.41) is 0. The first-order chi connectivity index (χ1) is 9.22. The number of nitrogens with two attached hydrogens (primary N) is 1. The Morgan fingerprint density at radius 3 is 2.84 bits per heavy atom. The lowest BCUT2D eigenvalue weighted by Gasteiger charge is -2.28. The number of nitrogens with zero attached hydrogens (tertiary/aromatic N) is 2. The topological polar surface area (TPSA) is 82.3 Å². The number of methoxy groups -OCH3 is 1. The quantitative estimate of drug-likeness (QED) is 0.625. The van der Waals surface area contributed by atoms with Crippen molar-refractivity contribution >= 4 is 5.82 Å². The minimum Gasteiger partial charge on any atom is -0.474 e. The summed E-state index contributed by atoms with van der Waals surface area (Å²) >= 11 is 0. The lowest BCUT2D eigenvalue weighted by Crippen LogP contribution is -2.28. The largest absolute Gasteiger partial charge is 0.474 e. The van der Waals surface area contributed by atoms with E-state index in [-0.39, 0.29) is 6.10 Å². The van der Waals surface area contributed by atoms with E-state index in [0.29, 0.717) is 30.0 Å². The predicted octanol–water partition coefficient (Wildman–Crippen LogP) is 1.87. The first-order valence-corrected chi connectivity index (χ1v) is 6.73. The number of nitrogens with one attached hydrogen (secondary N) is 1. The molecule has 3 N–H and O–H groups in total. The number of aromatic nitrogens is 2.